The van der Waals surface area contributed by atoms with Crippen molar-refractivity contribution in [3.05, 3.63) is 54.7 Å². The molecule has 4 rings (SSSR count). The van der Waals surface area contributed by atoms with Crippen LogP contribution in [0.4, 0.5) is 5.82 Å². The molecule has 138 valence electrons. The highest BCUT2D eigenvalue weighted by molar-refractivity contribution is 5.93. The van der Waals surface area contributed by atoms with Crippen LogP contribution in [0.2, 0.25) is 0 Å². The van der Waals surface area contributed by atoms with Crippen molar-refractivity contribution < 1.29 is 9.53 Å². The van der Waals surface area contributed by atoms with Crippen molar-refractivity contribution in [2.24, 2.45) is 5.92 Å². The third-order valence-electron chi connectivity index (χ3n) is 5.09. The zero-order valence-corrected chi connectivity index (χ0v) is 15.5. The maximum atomic E-state index is 12.0. The van der Waals surface area contributed by atoms with Crippen LogP contribution < -0.4 is 4.90 Å². The molecule has 2 aromatic heterocycles. The molecule has 27 heavy (non-hydrogen) atoms. The van der Waals surface area contributed by atoms with Crippen LogP contribution in [0.5, 0.6) is 0 Å². The molecule has 0 spiro atoms. The van der Waals surface area contributed by atoms with Gasteiger partial charge in [0.1, 0.15) is 5.82 Å². The van der Waals surface area contributed by atoms with Crippen LogP contribution in [0, 0.1) is 5.92 Å². The SMILES string of the molecule is CCOC(=O)C1CCN(c2ccc3cccc(-c4ccccn4)c3n2)CC1. The van der Waals surface area contributed by atoms with Crippen LogP contribution in [0.1, 0.15) is 19.8 Å². The van der Waals surface area contributed by atoms with Crippen molar-refractivity contribution in [3.63, 3.8) is 0 Å². The van der Waals surface area contributed by atoms with Gasteiger partial charge in [-0.05, 0) is 44.0 Å². The van der Waals surface area contributed by atoms with Crippen molar-refractivity contribution in [2.45, 2.75) is 19.8 Å². The van der Waals surface area contributed by atoms with E-state index in [9.17, 15) is 4.79 Å². The summed E-state index contributed by atoms with van der Waals surface area (Å²) in [5.74, 6) is 0.889. The fourth-order valence-corrected chi connectivity index (χ4v) is 3.65. The molecule has 0 aliphatic carbocycles. The van der Waals surface area contributed by atoms with E-state index in [0.717, 1.165) is 53.9 Å². The van der Waals surface area contributed by atoms with Crippen LogP contribution in [-0.4, -0.2) is 35.6 Å². The van der Waals surface area contributed by atoms with E-state index in [-0.39, 0.29) is 11.9 Å². The second-order valence-electron chi connectivity index (χ2n) is 6.78. The first-order valence-corrected chi connectivity index (χ1v) is 9.49. The number of hydrogen-bond donors (Lipinski definition) is 0. The number of carbonyl (C=O) groups is 1. The molecule has 1 saturated heterocycles. The highest BCUT2D eigenvalue weighted by Gasteiger charge is 2.26. The lowest BCUT2D eigenvalue weighted by atomic mass is 9.97. The minimum Gasteiger partial charge on any atom is -0.466 e. The number of hydrogen-bond acceptors (Lipinski definition) is 5. The Labute approximate surface area is 159 Å². The van der Waals surface area contributed by atoms with Crippen LogP contribution in [0.15, 0.2) is 54.7 Å². The Balaban J connectivity index is 1.60. The van der Waals surface area contributed by atoms with Gasteiger partial charge in [-0.1, -0.05) is 24.3 Å². The van der Waals surface area contributed by atoms with E-state index in [1.807, 2.05) is 31.2 Å². The smallest absolute Gasteiger partial charge is 0.309 e. The average Bonchev–Trinajstić information content (AvgIpc) is 2.74. The molecule has 1 aliphatic rings. The Morgan fingerprint density at radius 2 is 1.96 bits per heavy atom. The van der Waals surface area contributed by atoms with Gasteiger partial charge in [-0.15, -0.1) is 0 Å². The number of para-hydroxylation sites is 1. The first-order valence-electron chi connectivity index (χ1n) is 9.49. The summed E-state index contributed by atoms with van der Waals surface area (Å²) in [6, 6.07) is 16.3. The van der Waals surface area contributed by atoms with E-state index in [0.29, 0.717) is 6.61 Å². The number of fused-ring (bicyclic) bond motifs is 1. The van der Waals surface area contributed by atoms with Crippen LogP contribution in [0.25, 0.3) is 22.2 Å². The fraction of sp³-hybridized carbons (Fsp3) is 0.318. The van der Waals surface area contributed by atoms with Gasteiger partial charge in [0.15, 0.2) is 0 Å². The summed E-state index contributed by atoms with van der Waals surface area (Å²) in [7, 11) is 0. The molecule has 1 aromatic carbocycles. The topological polar surface area (TPSA) is 55.3 Å². The largest absolute Gasteiger partial charge is 0.466 e. The van der Waals surface area contributed by atoms with Gasteiger partial charge in [0.2, 0.25) is 0 Å². The van der Waals surface area contributed by atoms with E-state index in [1.165, 1.54) is 0 Å². The molecule has 5 nitrogen and oxygen atoms in total. The number of nitrogens with zero attached hydrogens (tertiary/aromatic N) is 3. The number of anilines is 1. The fourth-order valence-electron chi connectivity index (χ4n) is 3.65. The molecule has 0 unspecified atom stereocenters. The number of ether oxygens (including phenoxy) is 1. The summed E-state index contributed by atoms with van der Waals surface area (Å²) in [5.41, 5.74) is 2.92. The molecule has 1 fully saturated rings. The molecule has 1 aliphatic heterocycles. The Kier molecular flexibility index (Phi) is 5.01. The number of piperidine rings is 1. The van der Waals surface area contributed by atoms with Crippen molar-refractivity contribution >= 4 is 22.7 Å². The normalized spacial score (nSPS) is 15.1. The second kappa shape index (κ2) is 7.74. The van der Waals surface area contributed by atoms with Crippen LogP contribution >= 0.6 is 0 Å². The van der Waals surface area contributed by atoms with Gasteiger partial charge < -0.3 is 9.64 Å². The van der Waals surface area contributed by atoms with Gasteiger partial charge in [0, 0.05) is 30.2 Å². The van der Waals surface area contributed by atoms with E-state index >= 15 is 0 Å². The quantitative estimate of drug-likeness (QED) is 0.656. The van der Waals surface area contributed by atoms with Gasteiger partial charge in [-0.2, -0.15) is 0 Å². The number of aromatic nitrogens is 2. The van der Waals surface area contributed by atoms with Gasteiger partial charge in [0.25, 0.3) is 0 Å². The predicted octanol–water partition coefficient (Wildman–Crippen LogP) is 4.08. The zero-order valence-electron chi connectivity index (χ0n) is 15.5. The summed E-state index contributed by atoms with van der Waals surface area (Å²) in [6.45, 7) is 3.92. The molecule has 0 saturated carbocycles. The van der Waals surface area contributed by atoms with Crippen molar-refractivity contribution in [2.75, 3.05) is 24.6 Å². The maximum absolute atomic E-state index is 12.0. The van der Waals surface area contributed by atoms with Crippen molar-refractivity contribution in [1.82, 2.24) is 9.97 Å². The van der Waals surface area contributed by atoms with E-state index in [4.69, 9.17) is 9.72 Å². The molecule has 0 amide bonds. The summed E-state index contributed by atoms with van der Waals surface area (Å²) >= 11 is 0. The molecule has 3 heterocycles. The minimum absolute atomic E-state index is 0.00531. The third-order valence-corrected chi connectivity index (χ3v) is 5.09. The molecule has 0 bridgehead atoms. The predicted molar refractivity (Wildman–Crippen MR) is 107 cm³/mol. The summed E-state index contributed by atoms with van der Waals surface area (Å²) < 4.78 is 5.16. The molecule has 0 atom stereocenters. The standard InChI is InChI=1S/C22H23N3O2/c1-2-27-22(26)17-11-14-25(15-12-17)20-10-9-16-6-5-7-18(21(16)24-20)19-8-3-4-13-23-19/h3-10,13,17H,2,11-12,14-15H2,1H3. The minimum atomic E-state index is -0.0685. The number of carbonyl (C=O) groups excluding carboxylic acids is 1. The van der Waals surface area contributed by atoms with Gasteiger partial charge in [-0.3, -0.25) is 9.78 Å². The lowest BCUT2D eigenvalue weighted by molar-refractivity contribution is -0.148. The molecular weight excluding hydrogens is 338 g/mol. The van der Waals surface area contributed by atoms with Gasteiger partial charge in [0.05, 0.1) is 23.7 Å². The summed E-state index contributed by atoms with van der Waals surface area (Å²) in [4.78, 5) is 23.6. The number of esters is 1. The van der Waals surface area contributed by atoms with Gasteiger partial charge in [-0.25, -0.2) is 4.98 Å². The maximum Gasteiger partial charge on any atom is 0.309 e. The summed E-state index contributed by atoms with van der Waals surface area (Å²) in [5, 5.41) is 1.10. The number of pyridine rings is 2. The number of rotatable bonds is 4. The van der Waals surface area contributed by atoms with Gasteiger partial charge >= 0.3 is 5.97 Å². The Morgan fingerprint density at radius 1 is 1.11 bits per heavy atom. The Morgan fingerprint density at radius 3 is 2.70 bits per heavy atom. The molecule has 5 heteroatoms. The summed E-state index contributed by atoms with van der Waals surface area (Å²) in [6.07, 6.45) is 3.42. The molecule has 3 aromatic rings. The average molecular weight is 361 g/mol. The molecular formula is C22H23N3O2. The van der Waals surface area contributed by atoms with Crippen LogP contribution in [-0.2, 0) is 9.53 Å². The lowest BCUT2D eigenvalue weighted by Crippen LogP contribution is -2.37. The Bertz CT molecular complexity index is 935. The highest BCUT2D eigenvalue weighted by atomic mass is 16.5. The van der Waals surface area contributed by atoms with Crippen molar-refractivity contribution in [1.29, 1.82) is 0 Å². The first-order chi connectivity index (χ1) is 13.3. The van der Waals surface area contributed by atoms with Crippen molar-refractivity contribution in [3.8, 4) is 11.3 Å². The highest BCUT2D eigenvalue weighted by Crippen LogP contribution is 2.29. The molecule has 0 radical (unpaired) electrons. The Hall–Kier alpha value is -2.95. The second-order valence-corrected chi connectivity index (χ2v) is 6.78. The van der Waals surface area contributed by atoms with E-state index in [2.05, 4.69) is 34.1 Å². The zero-order chi connectivity index (χ0) is 18.6. The third kappa shape index (κ3) is 3.63. The number of benzene rings is 1. The lowest BCUT2D eigenvalue weighted by Gasteiger charge is -2.31. The van der Waals surface area contributed by atoms with Crippen LogP contribution in [0.3, 0.4) is 0 Å². The first kappa shape index (κ1) is 17.5. The monoisotopic (exact) mass is 361 g/mol. The van der Waals surface area contributed by atoms with E-state index < -0.39 is 0 Å². The van der Waals surface area contributed by atoms with E-state index in [1.54, 1.807) is 6.20 Å². The molecule has 0 N–H and O–H groups in total.